The van der Waals surface area contributed by atoms with Crippen LogP contribution in [0.1, 0.15) is 45.2 Å². The Hall–Kier alpha value is -0.820. The predicted octanol–water partition coefficient (Wildman–Crippen LogP) is 3.91. The summed E-state index contributed by atoms with van der Waals surface area (Å²) >= 11 is 0. The standard InChI is InChI=1S/C14H21N.C2H6/c1-11(2)15(3)14-9-8-12-6-4-5-7-13(12)10-14;1-2/h4-7,11,14H,8-10H2,1-3H3;1-2H3. The number of benzene rings is 1. The topological polar surface area (TPSA) is 3.24 Å². The zero-order chi connectivity index (χ0) is 12.8. The summed E-state index contributed by atoms with van der Waals surface area (Å²) in [5.74, 6) is 0. The van der Waals surface area contributed by atoms with Gasteiger partial charge in [0.1, 0.15) is 0 Å². The maximum atomic E-state index is 2.51. The molecule has 1 aliphatic carbocycles. The maximum Gasteiger partial charge on any atom is 0.0139 e. The third-order valence-electron chi connectivity index (χ3n) is 3.71. The lowest BCUT2D eigenvalue weighted by molar-refractivity contribution is 0.179. The highest BCUT2D eigenvalue weighted by Crippen LogP contribution is 2.24. The lowest BCUT2D eigenvalue weighted by Crippen LogP contribution is -2.40. The van der Waals surface area contributed by atoms with Crippen LogP contribution in [0.4, 0.5) is 0 Å². The van der Waals surface area contributed by atoms with E-state index in [-0.39, 0.29) is 0 Å². The Balaban J connectivity index is 0.000000686. The van der Waals surface area contributed by atoms with E-state index in [2.05, 4.69) is 50.1 Å². The van der Waals surface area contributed by atoms with Crippen molar-refractivity contribution < 1.29 is 0 Å². The number of aryl methyl sites for hydroxylation is 1. The van der Waals surface area contributed by atoms with Gasteiger partial charge in [-0.05, 0) is 51.3 Å². The van der Waals surface area contributed by atoms with Gasteiger partial charge in [0.15, 0.2) is 0 Å². The Morgan fingerprint density at radius 3 is 2.29 bits per heavy atom. The summed E-state index contributed by atoms with van der Waals surface area (Å²) in [7, 11) is 2.25. The van der Waals surface area contributed by atoms with Crippen LogP contribution in [0, 0.1) is 0 Å². The van der Waals surface area contributed by atoms with Crippen LogP contribution in [0.3, 0.4) is 0 Å². The van der Waals surface area contributed by atoms with Crippen molar-refractivity contribution in [2.75, 3.05) is 7.05 Å². The molecule has 0 saturated heterocycles. The molecule has 1 aliphatic rings. The Labute approximate surface area is 107 Å². The van der Waals surface area contributed by atoms with Gasteiger partial charge in [-0.1, -0.05) is 38.1 Å². The first-order valence-corrected chi connectivity index (χ1v) is 6.97. The van der Waals surface area contributed by atoms with Gasteiger partial charge in [-0.15, -0.1) is 0 Å². The van der Waals surface area contributed by atoms with Crippen LogP contribution in [0.2, 0.25) is 0 Å². The number of likely N-dealkylation sites (N-methyl/N-ethyl adjacent to an activating group) is 1. The van der Waals surface area contributed by atoms with E-state index < -0.39 is 0 Å². The summed E-state index contributed by atoms with van der Waals surface area (Å²) in [6.07, 6.45) is 3.79. The average Bonchev–Trinajstić information content (AvgIpc) is 2.39. The molecular weight excluding hydrogens is 206 g/mol. The molecule has 17 heavy (non-hydrogen) atoms. The Kier molecular flexibility index (Phi) is 5.70. The second-order valence-electron chi connectivity index (χ2n) is 4.92. The summed E-state index contributed by atoms with van der Waals surface area (Å²) in [6, 6.07) is 10.3. The van der Waals surface area contributed by atoms with Gasteiger partial charge in [0, 0.05) is 12.1 Å². The van der Waals surface area contributed by atoms with E-state index in [1.54, 1.807) is 11.1 Å². The third kappa shape index (κ3) is 3.57. The van der Waals surface area contributed by atoms with E-state index in [0.29, 0.717) is 6.04 Å². The molecule has 0 amide bonds. The molecule has 0 bridgehead atoms. The minimum absolute atomic E-state index is 0.653. The van der Waals surface area contributed by atoms with E-state index in [4.69, 9.17) is 0 Å². The molecule has 0 fully saturated rings. The quantitative estimate of drug-likeness (QED) is 0.748. The number of nitrogens with zero attached hydrogens (tertiary/aromatic N) is 1. The van der Waals surface area contributed by atoms with Crippen molar-refractivity contribution in [3.8, 4) is 0 Å². The van der Waals surface area contributed by atoms with Crippen LogP contribution in [-0.4, -0.2) is 24.0 Å². The van der Waals surface area contributed by atoms with Crippen molar-refractivity contribution in [2.24, 2.45) is 0 Å². The number of hydrogen-bond donors (Lipinski definition) is 0. The van der Waals surface area contributed by atoms with Crippen molar-refractivity contribution in [3.63, 3.8) is 0 Å². The van der Waals surface area contributed by atoms with Crippen LogP contribution in [0.5, 0.6) is 0 Å². The minimum atomic E-state index is 0.653. The van der Waals surface area contributed by atoms with E-state index in [1.165, 1.54) is 19.3 Å². The lowest BCUT2D eigenvalue weighted by Gasteiger charge is -2.35. The summed E-state index contributed by atoms with van der Waals surface area (Å²) in [4.78, 5) is 2.51. The van der Waals surface area contributed by atoms with Gasteiger partial charge < -0.3 is 4.90 Å². The molecule has 0 aliphatic heterocycles. The molecule has 0 N–H and O–H groups in total. The van der Waals surface area contributed by atoms with Crippen LogP contribution in [-0.2, 0) is 12.8 Å². The van der Waals surface area contributed by atoms with E-state index in [1.807, 2.05) is 13.8 Å². The first-order valence-electron chi connectivity index (χ1n) is 6.97. The second kappa shape index (κ2) is 6.80. The second-order valence-corrected chi connectivity index (χ2v) is 4.92. The van der Waals surface area contributed by atoms with Gasteiger partial charge in [0.2, 0.25) is 0 Å². The van der Waals surface area contributed by atoms with Gasteiger partial charge in [-0.3, -0.25) is 0 Å². The zero-order valence-corrected chi connectivity index (χ0v) is 12.0. The van der Waals surface area contributed by atoms with Crippen molar-refractivity contribution in [3.05, 3.63) is 35.4 Å². The molecule has 0 aromatic heterocycles. The molecule has 0 spiro atoms. The molecule has 96 valence electrons. The minimum Gasteiger partial charge on any atom is -0.301 e. The third-order valence-corrected chi connectivity index (χ3v) is 3.71. The van der Waals surface area contributed by atoms with Crippen LogP contribution in [0.25, 0.3) is 0 Å². The zero-order valence-electron chi connectivity index (χ0n) is 12.0. The summed E-state index contributed by atoms with van der Waals surface area (Å²) in [5, 5.41) is 0. The SMILES string of the molecule is CC.CC(C)N(C)C1CCc2ccccc2C1. The molecule has 2 rings (SSSR count). The van der Waals surface area contributed by atoms with E-state index >= 15 is 0 Å². The molecule has 1 nitrogen and oxygen atoms in total. The molecule has 0 saturated carbocycles. The van der Waals surface area contributed by atoms with Gasteiger partial charge in [0.05, 0.1) is 0 Å². The fourth-order valence-corrected chi connectivity index (χ4v) is 2.45. The van der Waals surface area contributed by atoms with Gasteiger partial charge in [-0.2, -0.15) is 0 Å². The van der Waals surface area contributed by atoms with Crippen LogP contribution in [0.15, 0.2) is 24.3 Å². The van der Waals surface area contributed by atoms with E-state index in [0.717, 1.165) is 6.04 Å². The van der Waals surface area contributed by atoms with Crippen molar-refractivity contribution >= 4 is 0 Å². The Morgan fingerprint density at radius 1 is 1.12 bits per heavy atom. The predicted molar refractivity (Wildman–Crippen MR) is 76.5 cm³/mol. The lowest BCUT2D eigenvalue weighted by atomic mass is 9.87. The van der Waals surface area contributed by atoms with Gasteiger partial charge in [0.25, 0.3) is 0 Å². The molecule has 1 unspecified atom stereocenters. The van der Waals surface area contributed by atoms with Crippen molar-refractivity contribution in [1.82, 2.24) is 4.90 Å². The highest BCUT2D eigenvalue weighted by atomic mass is 15.1. The average molecular weight is 233 g/mol. The highest BCUT2D eigenvalue weighted by Gasteiger charge is 2.22. The largest absolute Gasteiger partial charge is 0.301 e. The van der Waals surface area contributed by atoms with Gasteiger partial charge in [-0.25, -0.2) is 0 Å². The van der Waals surface area contributed by atoms with Crippen LogP contribution >= 0.6 is 0 Å². The fraction of sp³-hybridized carbons (Fsp3) is 0.625. The highest BCUT2D eigenvalue weighted by molar-refractivity contribution is 5.30. The molecule has 0 radical (unpaired) electrons. The number of hydrogen-bond acceptors (Lipinski definition) is 1. The normalized spacial score (nSPS) is 18.6. The molecule has 1 heteroatoms. The summed E-state index contributed by atoms with van der Waals surface area (Å²) in [6.45, 7) is 8.56. The summed E-state index contributed by atoms with van der Waals surface area (Å²) in [5.41, 5.74) is 3.12. The van der Waals surface area contributed by atoms with Crippen LogP contribution < -0.4 is 0 Å². The molecule has 0 heterocycles. The molecule has 1 aromatic rings. The molecular formula is C16H27N. The fourth-order valence-electron chi connectivity index (χ4n) is 2.45. The maximum absolute atomic E-state index is 2.51. The van der Waals surface area contributed by atoms with Gasteiger partial charge >= 0.3 is 0 Å². The van der Waals surface area contributed by atoms with Crippen molar-refractivity contribution in [1.29, 1.82) is 0 Å². The Morgan fingerprint density at radius 2 is 1.71 bits per heavy atom. The number of fused-ring (bicyclic) bond motifs is 1. The van der Waals surface area contributed by atoms with E-state index in [9.17, 15) is 0 Å². The summed E-state index contributed by atoms with van der Waals surface area (Å²) < 4.78 is 0. The molecule has 1 aromatic carbocycles. The Bertz CT molecular complexity index is 330. The molecule has 1 atom stereocenters. The monoisotopic (exact) mass is 233 g/mol. The first kappa shape index (κ1) is 14.2. The van der Waals surface area contributed by atoms with Crippen molar-refractivity contribution in [2.45, 2.75) is 59.0 Å². The first-order chi connectivity index (χ1) is 8.18. The smallest absolute Gasteiger partial charge is 0.0139 e. The number of rotatable bonds is 2.